The summed E-state index contributed by atoms with van der Waals surface area (Å²) in [7, 11) is 1.64. The SMILES string of the molecule is COCC(C)(C)CC(=O)NCc1ccc(C(C)=O)cc1. The molecule has 0 atom stereocenters. The average Bonchev–Trinajstić information content (AvgIpc) is 2.36. The monoisotopic (exact) mass is 277 g/mol. The molecule has 0 heterocycles. The Labute approximate surface area is 120 Å². The smallest absolute Gasteiger partial charge is 0.220 e. The standard InChI is InChI=1S/C16H23NO3/c1-12(18)14-7-5-13(6-8-14)10-17-15(19)9-16(2,3)11-20-4/h5-8H,9-11H2,1-4H3,(H,17,19). The summed E-state index contributed by atoms with van der Waals surface area (Å²) in [6, 6.07) is 7.27. The normalized spacial score (nSPS) is 11.2. The Balaban J connectivity index is 2.46. The average molecular weight is 277 g/mol. The third kappa shape index (κ3) is 5.53. The van der Waals surface area contributed by atoms with E-state index in [-0.39, 0.29) is 17.1 Å². The predicted molar refractivity (Wildman–Crippen MR) is 78.6 cm³/mol. The van der Waals surface area contributed by atoms with Gasteiger partial charge in [-0.1, -0.05) is 38.1 Å². The van der Waals surface area contributed by atoms with Crippen LogP contribution < -0.4 is 5.32 Å². The number of nitrogens with one attached hydrogen (secondary N) is 1. The van der Waals surface area contributed by atoms with Crippen molar-refractivity contribution in [2.75, 3.05) is 13.7 Å². The van der Waals surface area contributed by atoms with Crippen LogP contribution in [-0.4, -0.2) is 25.4 Å². The summed E-state index contributed by atoms with van der Waals surface area (Å²) < 4.78 is 5.09. The Morgan fingerprint density at radius 3 is 2.30 bits per heavy atom. The third-order valence-corrected chi connectivity index (χ3v) is 3.02. The summed E-state index contributed by atoms with van der Waals surface area (Å²) >= 11 is 0. The molecule has 1 aromatic carbocycles. The first kappa shape index (κ1) is 16.4. The zero-order valence-corrected chi connectivity index (χ0v) is 12.7. The molecule has 0 spiro atoms. The van der Waals surface area contributed by atoms with E-state index in [1.807, 2.05) is 26.0 Å². The molecule has 0 bridgehead atoms. The van der Waals surface area contributed by atoms with Crippen molar-refractivity contribution >= 4 is 11.7 Å². The lowest BCUT2D eigenvalue weighted by Gasteiger charge is -2.22. The van der Waals surface area contributed by atoms with Crippen LogP contribution in [0.3, 0.4) is 0 Å². The lowest BCUT2D eigenvalue weighted by atomic mass is 9.90. The molecule has 1 N–H and O–H groups in total. The Bertz CT molecular complexity index is 463. The Morgan fingerprint density at radius 1 is 1.20 bits per heavy atom. The van der Waals surface area contributed by atoms with E-state index >= 15 is 0 Å². The molecule has 0 aliphatic heterocycles. The number of ketones is 1. The van der Waals surface area contributed by atoms with Gasteiger partial charge in [0.1, 0.15) is 0 Å². The van der Waals surface area contributed by atoms with Crippen LogP contribution in [0.1, 0.15) is 43.1 Å². The minimum atomic E-state index is -0.169. The molecule has 0 radical (unpaired) electrons. The minimum absolute atomic E-state index is 0.00249. The number of Topliss-reactive ketones (excluding diaryl/α,β-unsaturated/α-hetero) is 1. The molecule has 20 heavy (non-hydrogen) atoms. The summed E-state index contributed by atoms with van der Waals surface area (Å²) in [5.41, 5.74) is 1.49. The second-order valence-electron chi connectivity index (χ2n) is 5.80. The van der Waals surface area contributed by atoms with Gasteiger partial charge < -0.3 is 10.1 Å². The summed E-state index contributed by atoms with van der Waals surface area (Å²) in [6.07, 6.45) is 0.423. The van der Waals surface area contributed by atoms with Gasteiger partial charge in [0.2, 0.25) is 5.91 Å². The van der Waals surface area contributed by atoms with E-state index in [4.69, 9.17) is 4.74 Å². The van der Waals surface area contributed by atoms with Crippen LogP contribution in [0.4, 0.5) is 0 Å². The first-order valence-corrected chi connectivity index (χ1v) is 6.69. The molecule has 0 fully saturated rings. The Hall–Kier alpha value is -1.68. The van der Waals surface area contributed by atoms with Crippen molar-refractivity contribution in [2.45, 2.75) is 33.7 Å². The van der Waals surface area contributed by atoms with E-state index in [9.17, 15) is 9.59 Å². The van der Waals surface area contributed by atoms with Gasteiger partial charge in [0.05, 0.1) is 6.61 Å². The second kappa shape index (κ2) is 7.20. The van der Waals surface area contributed by atoms with Crippen LogP contribution >= 0.6 is 0 Å². The van der Waals surface area contributed by atoms with Crippen molar-refractivity contribution in [3.63, 3.8) is 0 Å². The summed E-state index contributed by atoms with van der Waals surface area (Å²) in [5, 5.41) is 2.88. The van der Waals surface area contributed by atoms with Crippen molar-refractivity contribution < 1.29 is 14.3 Å². The van der Waals surface area contributed by atoms with Crippen molar-refractivity contribution in [3.05, 3.63) is 35.4 Å². The van der Waals surface area contributed by atoms with E-state index in [1.54, 1.807) is 19.2 Å². The highest BCUT2D eigenvalue weighted by molar-refractivity contribution is 5.94. The van der Waals surface area contributed by atoms with Crippen molar-refractivity contribution in [3.8, 4) is 0 Å². The fraction of sp³-hybridized carbons (Fsp3) is 0.500. The molecule has 1 rings (SSSR count). The molecule has 0 saturated heterocycles. The van der Waals surface area contributed by atoms with Crippen LogP contribution in [0.2, 0.25) is 0 Å². The third-order valence-electron chi connectivity index (χ3n) is 3.02. The Morgan fingerprint density at radius 2 is 1.80 bits per heavy atom. The number of benzene rings is 1. The number of hydrogen-bond acceptors (Lipinski definition) is 3. The molecule has 0 aliphatic rings. The molecule has 4 heteroatoms. The maximum Gasteiger partial charge on any atom is 0.220 e. The van der Waals surface area contributed by atoms with Crippen LogP contribution in [-0.2, 0) is 16.1 Å². The van der Waals surface area contributed by atoms with Crippen molar-refractivity contribution in [1.29, 1.82) is 0 Å². The summed E-state index contributed by atoms with van der Waals surface area (Å²) in [4.78, 5) is 23.0. The van der Waals surface area contributed by atoms with E-state index in [2.05, 4.69) is 5.32 Å². The van der Waals surface area contributed by atoms with Crippen molar-refractivity contribution in [1.82, 2.24) is 5.32 Å². The maximum absolute atomic E-state index is 11.9. The summed E-state index contributed by atoms with van der Waals surface area (Å²) in [6.45, 7) is 6.55. The number of methoxy groups -OCH3 is 1. The number of carbonyl (C=O) groups excluding carboxylic acids is 2. The van der Waals surface area contributed by atoms with Crippen LogP contribution in [0.25, 0.3) is 0 Å². The van der Waals surface area contributed by atoms with Gasteiger partial charge in [-0.25, -0.2) is 0 Å². The van der Waals surface area contributed by atoms with Gasteiger partial charge in [0.15, 0.2) is 5.78 Å². The van der Waals surface area contributed by atoms with E-state index in [0.29, 0.717) is 25.1 Å². The number of hydrogen-bond donors (Lipinski definition) is 1. The molecule has 4 nitrogen and oxygen atoms in total. The lowest BCUT2D eigenvalue weighted by molar-refractivity contribution is -0.123. The molecule has 1 amide bonds. The van der Waals surface area contributed by atoms with Gasteiger partial charge in [0.25, 0.3) is 0 Å². The predicted octanol–water partition coefficient (Wildman–Crippen LogP) is 2.57. The largest absolute Gasteiger partial charge is 0.384 e. The van der Waals surface area contributed by atoms with Gasteiger partial charge in [-0.3, -0.25) is 9.59 Å². The van der Waals surface area contributed by atoms with Crippen LogP contribution in [0.15, 0.2) is 24.3 Å². The second-order valence-corrected chi connectivity index (χ2v) is 5.80. The first-order valence-electron chi connectivity index (χ1n) is 6.69. The molecule has 0 saturated carbocycles. The summed E-state index contributed by atoms with van der Waals surface area (Å²) in [5.74, 6) is 0.0459. The van der Waals surface area contributed by atoms with Gasteiger partial charge in [-0.15, -0.1) is 0 Å². The topological polar surface area (TPSA) is 55.4 Å². The number of amides is 1. The fourth-order valence-electron chi connectivity index (χ4n) is 2.00. The number of rotatable bonds is 7. The lowest BCUT2D eigenvalue weighted by Crippen LogP contribution is -2.30. The minimum Gasteiger partial charge on any atom is -0.384 e. The van der Waals surface area contributed by atoms with Crippen LogP contribution in [0.5, 0.6) is 0 Å². The van der Waals surface area contributed by atoms with Crippen LogP contribution in [0, 0.1) is 5.41 Å². The fourth-order valence-corrected chi connectivity index (χ4v) is 2.00. The number of ether oxygens (including phenoxy) is 1. The van der Waals surface area contributed by atoms with Gasteiger partial charge in [-0.2, -0.15) is 0 Å². The van der Waals surface area contributed by atoms with Gasteiger partial charge >= 0.3 is 0 Å². The highest BCUT2D eigenvalue weighted by Crippen LogP contribution is 2.20. The molecule has 110 valence electrons. The Kier molecular flexibility index (Phi) is 5.89. The molecular formula is C16H23NO3. The maximum atomic E-state index is 11.9. The molecule has 1 aromatic rings. The molecule has 0 aliphatic carbocycles. The highest BCUT2D eigenvalue weighted by atomic mass is 16.5. The van der Waals surface area contributed by atoms with Gasteiger partial charge in [0, 0.05) is 25.6 Å². The zero-order chi connectivity index (χ0) is 15.2. The first-order chi connectivity index (χ1) is 9.34. The van der Waals surface area contributed by atoms with Gasteiger partial charge in [-0.05, 0) is 17.9 Å². The highest BCUT2D eigenvalue weighted by Gasteiger charge is 2.21. The number of carbonyl (C=O) groups is 2. The van der Waals surface area contributed by atoms with E-state index < -0.39 is 0 Å². The zero-order valence-electron chi connectivity index (χ0n) is 12.7. The molecule has 0 unspecified atom stereocenters. The van der Waals surface area contributed by atoms with E-state index in [0.717, 1.165) is 5.56 Å². The quantitative estimate of drug-likeness (QED) is 0.779. The van der Waals surface area contributed by atoms with Crippen molar-refractivity contribution in [2.24, 2.45) is 5.41 Å². The van der Waals surface area contributed by atoms with E-state index in [1.165, 1.54) is 6.92 Å². The molecule has 0 aromatic heterocycles. The molecular weight excluding hydrogens is 254 g/mol.